The molecule has 118 valence electrons. The Morgan fingerprint density at radius 1 is 1.13 bits per heavy atom. The van der Waals surface area contributed by atoms with Gasteiger partial charge in [0.05, 0.1) is 5.38 Å². The summed E-state index contributed by atoms with van der Waals surface area (Å²) in [5.41, 5.74) is 3.26. The van der Waals surface area contributed by atoms with Crippen LogP contribution >= 0.6 is 34.5 Å². The number of halogens is 3. The lowest BCUT2D eigenvalue weighted by Gasteiger charge is -2.04. The van der Waals surface area contributed by atoms with Gasteiger partial charge in [0.2, 0.25) is 0 Å². The maximum atomic E-state index is 13.4. The zero-order valence-corrected chi connectivity index (χ0v) is 14.9. The Balaban J connectivity index is 1.84. The number of thiophene rings is 1. The number of hydrogen-bond donors (Lipinski definition) is 0. The highest BCUT2D eigenvalue weighted by atomic mass is 35.5. The SMILES string of the molecule is Cc1ccc(Cl)c(Cc2ccc(C3=CC(Cl)C=C(F)C=C3)s2)c1. The molecule has 0 bridgehead atoms. The summed E-state index contributed by atoms with van der Waals surface area (Å²) in [5.74, 6) is -0.306. The smallest absolute Gasteiger partial charge is 0.121 e. The third-order valence-corrected chi connectivity index (χ3v) is 5.35. The van der Waals surface area contributed by atoms with Crippen LogP contribution in [0.2, 0.25) is 5.02 Å². The van der Waals surface area contributed by atoms with Crippen molar-refractivity contribution in [2.24, 2.45) is 0 Å². The molecular formula is C19H15Cl2FS. The molecule has 1 aliphatic rings. The Hall–Kier alpha value is -1.35. The molecule has 0 amide bonds. The number of alkyl halides is 1. The summed E-state index contributed by atoms with van der Waals surface area (Å²) in [4.78, 5) is 2.29. The van der Waals surface area contributed by atoms with Crippen LogP contribution in [0.4, 0.5) is 4.39 Å². The van der Waals surface area contributed by atoms with E-state index in [1.54, 1.807) is 17.4 Å². The Morgan fingerprint density at radius 2 is 1.96 bits per heavy atom. The van der Waals surface area contributed by atoms with Crippen LogP contribution in [0.25, 0.3) is 5.57 Å². The molecule has 1 unspecified atom stereocenters. The maximum absolute atomic E-state index is 13.4. The lowest BCUT2D eigenvalue weighted by molar-refractivity contribution is 0.664. The number of benzene rings is 1. The fourth-order valence-electron chi connectivity index (χ4n) is 2.47. The predicted molar refractivity (Wildman–Crippen MR) is 99.3 cm³/mol. The number of aryl methyl sites for hydroxylation is 1. The quantitative estimate of drug-likeness (QED) is 0.530. The van der Waals surface area contributed by atoms with Crippen molar-refractivity contribution in [1.29, 1.82) is 0 Å². The summed E-state index contributed by atoms with van der Waals surface area (Å²) >= 11 is 14.0. The number of rotatable bonds is 3. The molecular weight excluding hydrogens is 350 g/mol. The first-order chi connectivity index (χ1) is 11.0. The Bertz CT molecular complexity index is 815. The van der Waals surface area contributed by atoms with Gasteiger partial charge in [0.1, 0.15) is 5.83 Å². The first-order valence-corrected chi connectivity index (χ1v) is 8.90. The van der Waals surface area contributed by atoms with Crippen molar-refractivity contribution in [2.45, 2.75) is 18.7 Å². The summed E-state index contributed by atoms with van der Waals surface area (Å²) in [7, 11) is 0. The minimum absolute atomic E-state index is 0.306. The van der Waals surface area contributed by atoms with Crippen molar-refractivity contribution in [1.82, 2.24) is 0 Å². The van der Waals surface area contributed by atoms with Gasteiger partial charge in [-0.2, -0.15) is 0 Å². The largest absolute Gasteiger partial charge is 0.207 e. The molecule has 0 N–H and O–H groups in total. The second kappa shape index (κ2) is 7.04. The van der Waals surface area contributed by atoms with Crippen LogP contribution in [0.5, 0.6) is 0 Å². The van der Waals surface area contributed by atoms with Gasteiger partial charge in [-0.3, -0.25) is 0 Å². The van der Waals surface area contributed by atoms with Crippen LogP contribution in [0.1, 0.15) is 20.9 Å². The van der Waals surface area contributed by atoms with Crippen LogP contribution in [-0.2, 0) is 6.42 Å². The first kappa shape index (κ1) is 16.5. The third-order valence-electron chi connectivity index (χ3n) is 3.59. The van der Waals surface area contributed by atoms with Crippen LogP contribution in [0.3, 0.4) is 0 Å². The molecule has 4 heteroatoms. The topological polar surface area (TPSA) is 0 Å². The first-order valence-electron chi connectivity index (χ1n) is 7.26. The molecule has 1 heterocycles. The average Bonchev–Trinajstić information content (AvgIpc) is 2.88. The number of allylic oxidation sites excluding steroid dienone is 6. The lowest BCUT2D eigenvalue weighted by Crippen LogP contribution is -1.88. The van der Waals surface area contributed by atoms with Crippen LogP contribution < -0.4 is 0 Å². The summed E-state index contributed by atoms with van der Waals surface area (Å²) in [5, 5.41) is 0.350. The highest BCUT2D eigenvalue weighted by Gasteiger charge is 2.11. The normalized spacial score (nSPS) is 17.7. The van der Waals surface area contributed by atoms with E-state index in [9.17, 15) is 4.39 Å². The zero-order valence-electron chi connectivity index (χ0n) is 12.5. The van der Waals surface area contributed by atoms with E-state index in [1.165, 1.54) is 22.6 Å². The van der Waals surface area contributed by atoms with Crippen molar-refractivity contribution in [3.8, 4) is 0 Å². The fourth-order valence-corrected chi connectivity index (χ4v) is 3.95. The lowest BCUT2D eigenvalue weighted by atomic mass is 10.1. The molecule has 0 saturated carbocycles. The highest BCUT2D eigenvalue weighted by molar-refractivity contribution is 7.13. The van der Waals surface area contributed by atoms with Gasteiger partial charge in [-0.15, -0.1) is 22.9 Å². The van der Waals surface area contributed by atoms with E-state index in [2.05, 4.69) is 19.1 Å². The van der Waals surface area contributed by atoms with Gasteiger partial charge in [-0.25, -0.2) is 4.39 Å². The van der Waals surface area contributed by atoms with E-state index >= 15 is 0 Å². The van der Waals surface area contributed by atoms with Crippen molar-refractivity contribution in [3.05, 3.63) is 86.4 Å². The van der Waals surface area contributed by atoms with Crippen LogP contribution in [0, 0.1) is 6.92 Å². The molecule has 0 aliphatic heterocycles. The van der Waals surface area contributed by atoms with Gasteiger partial charge in [0.15, 0.2) is 0 Å². The second-order valence-electron chi connectivity index (χ2n) is 5.49. The van der Waals surface area contributed by atoms with E-state index in [0.29, 0.717) is 0 Å². The van der Waals surface area contributed by atoms with E-state index in [-0.39, 0.29) is 5.83 Å². The standard InChI is InChI=1S/C19H15Cl2FS/c1-12-2-6-18(21)14(8-12)10-17-5-7-19(23-17)13-3-4-16(22)11-15(20)9-13/h2-9,11,15H,10H2,1H3. The van der Waals surface area contributed by atoms with Gasteiger partial charge >= 0.3 is 0 Å². The molecule has 1 aromatic carbocycles. The van der Waals surface area contributed by atoms with Gasteiger partial charge in [0.25, 0.3) is 0 Å². The number of hydrogen-bond acceptors (Lipinski definition) is 1. The molecule has 0 radical (unpaired) electrons. The molecule has 0 nitrogen and oxygen atoms in total. The van der Waals surface area contributed by atoms with Gasteiger partial charge in [0, 0.05) is 21.2 Å². The predicted octanol–water partition coefficient (Wildman–Crippen LogP) is 6.71. The zero-order chi connectivity index (χ0) is 16.4. The van der Waals surface area contributed by atoms with Gasteiger partial charge in [-0.1, -0.05) is 41.4 Å². The molecule has 0 fully saturated rings. The van der Waals surface area contributed by atoms with E-state index < -0.39 is 5.38 Å². The Kier molecular flexibility index (Phi) is 5.05. The monoisotopic (exact) mass is 364 g/mol. The van der Waals surface area contributed by atoms with Crippen molar-refractivity contribution < 1.29 is 4.39 Å². The van der Waals surface area contributed by atoms with Crippen molar-refractivity contribution >= 4 is 40.1 Å². The summed E-state index contributed by atoms with van der Waals surface area (Å²) in [6.07, 6.45) is 7.26. The summed E-state index contributed by atoms with van der Waals surface area (Å²) in [6.45, 7) is 2.06. The van der Waals surface area contributed by atoms with E-state index in [0.717, 1.165) is 27.5 Å². The summed E-state index contributed by atoms with van der Waals surface area (Å²) < 4.78 is 13.4. The fraction of sp³-hybridized carbons (Fsp3) is 0.158. The molecule has 2 aromatic rings. The molecule has 3 rings (SSSR count). The molecule has 1 aromatic heterocycles. The molecule has 1 atom stereocenters. The minimum atomic E-state index is -0.434. The third kappa shape index (κ3) is 4.14. The minimum Gasteiger partial charge on any atom is -0.207 e. The van der Waals surface area contributed by atoms with Crippen molar-refractivity contribution in [3.63, 3.8) is 0 Å². The molecule has 23 heavy (non-hydrogen) atoms. The second-order valence-corrected chi connectivity index (χ2v) is 7.57. The van der Waals surface area contributed by atoms with E-state index in [4.69, 9.17) is 23.2 Å². The molecule has 0 saturated heterocycles. The Morgan fingerprint density at radius 3 is 2.78 bits per heavy atom. The molecule has 1 aliphatic carbocycles. The average molecular weight is 365 g/mol. The van der Waals surface area contributed by atoms with Crippen LogP contribution in [0.15, 0.2) is 60.5 Å². The van der Waals surface area contributed by atoms with Crippen LogP contribution in [-0.4, -0.2) is 5.38 Å². The van der Waals surface area contributed by atoms with E-state index in [1.807, 2.05) is 24.3 Å². The molecule has 0 spiro atoms. The Labute approximate surface area is 149 Å². The van der Waals surface area contributed by atoms with Gasteiger partial charge < -0.3 is 0 Å². The summed E-state index contributed by atoms with van der Waals surface area (Å²) in [6, 6.07) is 10.2. The maximum Gasteiger partial charge on any atom is 0.121 e. The van der Waals surface area contributed by atoms with Crippen molar-refractivity contribution in [2.75, 3.05) is 0 Å². The highest BCUT2D eigenvalue weighted by Crippen LogP contribution is 2.31. The van der Waals surface area contributed by atoms with Gasteiger partial charge in [-0.05, 0) is 48.4 Å².